The minimum absolute atomic E-state index is 0.149. The van der Waals surface area contributed by atoms with Gasteiger partial charge in [0.2, 0.25) is 5.91 Å². The molecule has 0 aliphatic carbocycles. The number of alkyl halides is 3. The van der Waals surface area contributed by atoms with Crippen LogP contribution in [0.4, 0.5) is 13.2 Å². The topological polar surface area (TPSA) is 49.6 Å². The van der Waals surface area contributed by atoms with Gasteiger partial charge >= 0.3 is 6.18 Å². The van der Waals surface area contributed by atoms with Gasteiger partial charge in [-0.2, -0.15) is 13.2 Å². The summed E-state index contributed by atoms with van der Waals surface area (Å²) in [7, 11) is 0. The van der Waals surface area contributed by atoms with E-state index in [2.05, 4.69) is 0 Å². The van der Waals surface area contributed by atoms with Gasteiger partial charge in [-0.05, 0) is 12.8 Å². The summed E-state index contributed by atoms with van der Waals surface area (Å²) in [6.45, 7) is 3.90. The van der Waals surface area contributed by atoms with Crippen molar-refractivity contribution < 1.29 is 18.0 Å². The summed E-state index contributed by atoms with van der Waals surface area (Å²) in [6, 6.07) is 0. The summed E-state index contributed by atoms with van der Waals surface area (Å²) in [4.78, 5) is 15.1. The maximum absolute atomic E-state index is 12.3. The molecule has 1 rings (SSSR count). The molecule has 1 aliphatic rings. The fourth-order valence-electron chi connectivity index (χ4n) is 2.23. The third-order valence-electron chi connectivity index (χ3n) is 3.75. The van der Waals surface area contributed by atoms with Gasteiger partial charge in [0.15, 0.2) is 0 Å². The Morgan fingerprint density at radius 1 is 1.11 bits per heavy atom. The molecule has 112 valence electrons. The minimum Gasteiger partial charge on any atom is -0.339 e. The van der Waals surface area contributed by atoms with Gasteiger partial charge in [0.05, 0.1) is 12.1 Å². The van der Waals surface area contributed by atoms with E-state index in [0.29, 0.717) is 25.9 Å². The van der Waals surface area contributed by atoms with E-state index in [1.165, 1.54) is 4.90 Å². The molecule has 1 amide bonds. The Morgan fingerprint density at radius 2 is 1.58 bits per heavy atom. The molecule has 0 saturated carbocycles. The Morgan fingerprint density at radius 3 is 1.95 bits per heavy atom. The van der Waals surface area contributed by atoms with Crippen molar-refractivity contribution in [2.45, 2.75) is 38.4 Å². The molecule has 0 spiro atoms. The largest absolute Gasteiger partial charge is 0.401 e. The Kier molecular flexibility index (Phi) is 5.20. The predicted octanol–water partition coefficient (Wildman–Crippen LogP) is 1.21. The van der Waals surface area contributed by atoms with Gasteiger partial charge in [0.1, 0.15) is 0 Å². The van der Waals surface area contributed by atoms with Crippen molar-refractivity contribution in [3.63, 3.8) is 0 Å². The Hall–Kier alpha value is -0.820. The second kappa shape index (κ2) is 6.09. The average molecular weight is 281 g/mol. The molecule has 0 aromatic carbocycles. The van der Waals surface area contributed by atoms with Gasteiger partial charge in [-0.3, -0.25) is 9.69 Å². The highest BCUT2D eigenvalue weighted by molar-refractivity contribution is 5.86. The highest BCUT2D eigenvalue weighted by atomic mass is 19.4. The number of piperazine rings is 1. The Balaban J connectivity index is 2.52. The maximum atomic E-state index is 12.3. The van der Waals surface area contributed by atoms with Crippen molar-refractivity contribution in [3.05, 3.63) is 0 Å². The smallest absolute Gasteiger partial charge is 0.339 e. The first-order chi connectivity index (χ1) is 8.72. The van der Waals surface area contributed by atoms with E-state index in [1.807, 2.05) is 13.8 Å². The van der Waals surface area contributed by atoms with Gasteiger partial charge in [0.25, 0.3) is 0 Å². The Bertz CT molecular complexity index is 308. The third-order valence-corrected chi connectivity index (χ3v) is 3.75. The van der Waals surface area contributed by atoms with E-state index in [0.717, 1.165) is 0 Å². The van der Waals surface area contributed by atoms with Crippen LogP contribution in [-0.4, -0.2) is 60.1 Å². The molecule has 0 bridgehead atoms. The van der Waals surface area contributed by atoms with Gasteiger partial charge in [0, 0.05) is 26.2 Å². The summed E-state index contributed by atoms with van der Waals surface area (Å²) in [5.41, 5.74) is 5.14. The fraction of sp³-hybridized carbons (Fsp3) is 0.917. The molecule has 1 saturated heterocycles. The zero-order chi connectivity index (χ0) is 14.7. The van der Waals surface area contributed by atoms with Crippen LogP contribution >= 0.6 is 0 Å². The molecule has 4 nitrogen and oxygen atoms in total. The number of halogens is 3. The molecule has 1 fully saturated rings. The van der Waals surface area contributed by atoms with Crippen molar-refractivity contribution in [1.82, 2.24) is 9.80 Å². The van der Waals surface area contributed by atoms with Gasteiger partial charge in [-0.25, -0.2) is 0 Å². The van der Waals surface area contributed by atoms with Crippen LogP contribution < -0.4 is 5.73 Å². The van der Waals surface area contributed by atoms with Crippen molar-refractivity contribution in [3.8, 4) is 0 Å². The normalized spacial score (nSPS) is 18.7. The molecule has 0 aromatic heterocycles. The van der Waals surface area contributed by atoms with Gasteiger partial charge < -0.3 is 10.6 Å². The lowest BCUT2D eigenvalue weighted by molar-refractivity contribution is -0.153. The van der Waals surface area contributed by atoms with Crippen molar-refractivity contribution in [2.75, 3.05) is 32.7 Å². The lowest BCUT2D eigenvalue weighted by atomic mass is 9.92. The van der Waals surface area contributed by atoms with Gasteiger partial charge in [-0.15, -0.1) is 0 Å². The molecular formula is C12H22F3N3O. The third kappa shape index (κ3) is 4.35. The van der Waals surface area contributed by atoms with Crippen molar-refractivity contribution in [2.24, 2.45) is 5.73 Å². The van der Waals surface area contributed by atoms with Crippen LogP contribution in [-0.2, 0) is 4.79 Å². The highest BCUT2D eigenvalue weighted by Gasteiger charge is 2.37. The summed E-state index contributed by atoms with van der Waals surface area (Å²) in [5, 5.41) is 0. The first kappa shape index (κ1) is 16.2. The number of rotatable bonds is 4. The number of nitrogens with zero attached hydrogens (tertiary/aromatic N) is 2. The predicted molar refractivity (Wildman–Crippen MR) is 66.6 cm³/mol. The highest BCUT2D eigenvalue weighted by Crippen LogP contribution is 2.20. The lowest BCUT2D eigenvalue weighted by Gasteiger charge is -2.39. The molecule has 0 aromatic rings. The summed E-state index contributed by atoms with van der Waals surface area (Å²) in [6.07, 6.45) is -3.12. The molecule has 7 heteroatoms. The van der Waals surface area contributed by atoms with E-state index >= 15 is 0 Å². The van der Waals surface area contributed by atoms with E-state index in [1.54, 1.807) is 4.90 Å². The lowest BCUT2D eigenvalue weighted by Crippen LogP contribution is -2.59. The molecule has 2 N–H and O–H groups in total. The Labute approximate surface area is 111 Å². The van der Waals surface area contributed by atoms with Crippen LogP contribution in [0.15, 0.2) is 0 Å². The maximum Gasteiger partial charge on any atom is 0.401 e. The number of amides is 1. The number of carbonyl (C=O) groups is 1. The average Bonchev–Trinajstić information content (AvgIpc) is 2.36. The van der Waals surface area contributed by atoms with Crippen LogP contribution in [0.2, 0.25) is 0 Å². The molecule has 1 heterocycles. The zero-order valence-corrected chi connectivity index (χ0v) is 11.5. The van der Waals surface area contributed by atoms with E-state index in [9.17, 15) is 18.0 Å². The van der Waals surface area contributed by atoms with Crippen LogP contribution in [0.1, 0.15) is 26.7 Å². The van der Waals surface area contributed by atoms with Crippen LogP contribution in [0.5, 0.6) is 0 Å². The van der Waals surface area contributed by atoms with Crippen LogP contribution in [0.3, 0.4) is 0 Å². The number of hydrogen-bond acceptors (Lipinski definition) is 3. The minimum atomic E-state index is -4.18. The molecule has 19 heavy (non-hydrogen) atoms. The number of hydrogen-bond donors (Lipinski definition) is 1. The standard InChI is InChI=1S/C12H22F3N3O/c1-3-11(16,4-2)10(19)18-7-5-17(6-8-18)9-12(13,14)15/h3-9,16H2,1-2H3. The second-order valence-corrected chi connectivity index (χ2v) is 5.05. The molecule has 0 radical (unpaired) electrons. The summed E-state index contributed by atoms with van der Waals surface area (Å²) in [5.74, 6) is -0.149. The van der Waals surface area contributed by atoms with E-state index in [4.69, 9.17) is 5.73 Å². The van der Waals surface area contributed by atoms with Crippen molar-refractivity contribution >= 4 is 5.91 Å². The molecular weight excluding hydrogens is 259 g/mol. The summed E-state index contributed by atoms with van der Waals surface area (Å²) < 4.78 is 36.8. The van der Waals surface area contributed by atoms with Crippen LogP contribution in [0, 0.1) is 0 Å². The molecule has 1 aliphatic heterocycles. The first-order valence-electron chi connectivity index (χ1n) is 6.59. The first-order valence-corrected chi connectivity index (χ1v) is 6.59. The monoisotopic (exact) mass is 281 g/mol. The van der Waals surface area contributed by atoms with Gasteiger partial charge in [-0.1, -0.05) is 13.8 Å². The fourth-order valence-corrected chi connectivity index (χ4v) is 2.23. The van der Waals surface area contributed by atoms with E-state index in [-0.39, 0.29) is 19.0 Å². The van der Waals surface area contributed by atoms with Crippen molar-refractivity contribution in [1.29, 1.82) is 0 Å². The quantitative estimate of drug-likeness (QED) is 0.842. The number of nitrogens with two attached hydrogens (primary N) is 1. The number of carbonyl (C=O) groups excluding carboxylic acids is 1. The second-order valence-electron chi connectivity index (χ2n) is 5.05. The zero-order valence-electron chi connectivity index (χ0n) is 11.5. The molecule has 0 atom stereocenters. The summed E-state index contributed by atoms with van der Waals surface area (Å²) >= 11 is 0. The molecule has 0 unspecified atom stereocenters. The SMILES string of the molecule is CCC(N)(CC)C(=O)N1CCN(CC(F)(F)F)CC1. The van der Waals surface area contributed by atoms with Crippen LogP contribution in [0.25, 0.3) is 0 Å². The van der Waals surface area contributed by atoms with E-state index < -0.39 is 18.3 Å².